The highest BCUT2D eigenvalue weighted by atomic mass is 16.4. The smallest absolute Gasteiger partial charge is 0.303 e. The van der Waals surface area contributed by atoms with Crippen LogP contribution in [0, 0.1) is 12.8 Å². The van der Waals surface area contributed by atoms with Gasteiger partial charge in [-0.25, -0.2) is 0 Å². The number of carboxylic acid groups (broad SMARTS) is 1. The number of aliphatic carboxylic acids is 1. The molecule has 0 saturated carbocycles. The van der Waals surface area contributed by atoms with Crippen LogP contribution in [0.4, 0.5) is 0 Å². The lowest BCUT2D eigenvalue weighted by molar-refractivity contribution is -0.137. The number of nitrogens with zero attached hydrogens (tertiary/aromatic N) is 1. The number of aromatic nitrogens is 1. The molecule has 1 aliphatic heterocycles. The molecule has 1 saturated heterocycles. The minimum absolute atomic E-state index is 0.0544. The molecular weight excluding hydrogens is 244 g/mol. The SMILES string of the molecule is Cc1c[nH]cc1C(=O)N1CCCC(CCC(=O)O)C1. The molecule has 0 aromatic carbocycles. The molecule has 5 heteroatoms. The first-order valence-electron chi connectivity index (χ1n) is 6.72. The predicted molar refractivity (Wildman–Crippen MR) is 71.0 cm³/mol. The number of hydrogen-bond acceptors (Lipinski definition) is 2. The van der Waals surface area contributed by atoms with Crippen LogP contribution >= 0.6 is 0 Å². The number of likely N-dealkylation sites (tertiary alicyclic amines) is 1. The molecule has 1 aromatic heterocycles. The second-order valence-electron chi connectivity index (χ2n) is 5.24. The van der Waals surface area contributed by atoms with Crippen LogP contribution in [0.15, 0.2) is 12.4 Å². The van der Waals surface area contributed by atoms with Crippen LogP contribution in [0.5, 0.6) is 0 Å². The van der Waals surface area contributed by atoms with Gasteiger partial charge in [-0.2, -0.15) is 0 Å². The van der Waals surface area contributed by atoms with Crippen LogP contribution in [0.2, 0.25) is 0 Å². The number of carbonyl (C=O) groups excluding carboxylic acids is 1. The number of rotatable bonds is 4. The van der Waals surface area contributed by atoms with E-state index in [-0.39, 0.29) is 12.3 Å². The number of amides is 1. The van der Waals surface area contributed by atoms with Crippen molar-refractivity contribution in [3.05, 3.63) is 23.5 Å². The maximum atomic E-state index is 12.4. The van der Waals surface area contributed by atoms with E-state index in [4.69, 9.17) is 5.11 Å². The number of aryl methyl sites for hydroxylation is 1. The van der Waals surface area contributed by atoms with Crippen LogP contribution in [-0.4, -0.2) is 40.0 Å². The molecule has 1 unspecified atom stereocenters. The molecular formula is C14H20N2O3. The van der Waals surface area contributed by atoms with Crippen molar-refractivity contribution in [2.24, 2.45) is 5.92 Å². The van der Waals surface area contributed by atoms with Crippen LogP contribution in [-0.2, 0) is 4.79 Å². The fraction of sp³-hybridized carbons (Fsp3) is 0.571. The van der Waals surface area contributed by atoms with E-state index in [1.807, 2.05) is 18.0 Å². The van der Waals surface area contributed by atoms with E-state index in [0.717, 1.165) is 30.5 Å². The lowest BCUT2D eigenvalue weighted by atomic mass is 9.93. The van der Waals surface area contributed by atoms with Gasteiger partial charge in [0.15, 0.2) is 0 Å². The van der Waals surface area contributed by atoms with Gasteiger partial charge in [0, 0.05) is 31.9 Å². The minimum Gasteiger partial charge on any atom is -0.481 e. The molecule has 1 amide bonds. The lowest BCUT2D eigenvalue weighted by Gasteiger charge is -2.32. The Kier molecular flexibility index (Phi) is 4.24. The van der Waals surface area contributed by atoms with Gasteiger partial charge in [-0.05, 0) is 37.7 Å². The molecule has 0 bridgehead atoms. The summed E-state index contributed by atoms with van der Waals surface area (Å²) >= 11 is 0. The average molecular weight is 264 g/mol. The van der Waals surface area contributed by atoms with Crippen LogP contribution in [0.1, 0.15) is 41.6 Å². The van der Waals surface area contributed by atoms with Crippen molar-refractivity contribution < 1.29 is 14.7 Å². The third-order valence-corrected chi connectivity index (χ3v) is 3.76. The van der Waals surface area contributed by atoms with Crippen LogP contribution in [0.3, 0.4) is 0 Å². The summed E-state index contributed by atoms with van der Waals surface area (Å²) in [5.41, 5.74) is 1.68. The van der Waals surface area contributed by atoms with Gasteiger partial charge in [-0.15, -0.1) is 0 Å². The molecule has 19 heavy (non-hydrogen) atoms. The number of nitrogens with one attached hydrogen (secondary N) is 1. The van der Waals surface area contributed by atoms with Gasteiger partial charge in [0.05, 0.1) is 5.56 Å². The second-order valence-corrected chi connectivity index (χ2v) is 5.24. The topological polar surface area (TPSA) is 73.4 Å². The highest BCUT2D eigenvalue weighted by molar-refractivity contribution is 5.95. The third-order valence-electron chi connectivity index (χ3n) is 3.76. The van der Waals surface area contributed by atoms with Gasteiger partial charge < -0.3 is 15.0 Å². The van der Waals surface area contributed by atoms with Gasteiger partial charge in [0.25, 0.3) is 5.91 Å². The maximum Gasteiger partial charge on any atom is 0.303 e. The summed E-state index contributed by atoms with van der Waals surface area (Å²) in [6.45, 7) is 3.36. The average Bonchev–Trinajstić information content (AvgIpc) is 2.82. The van der Waals surface area contributed by atoms with Gasteiger partial charge >= 0.3 is 5.97 Å². The number of piperidine rings is 1. The number of carboxylic acids is 1. The second kappa shape index (κ2) is 5.91. The van der Waals surface area contributed by atoms with Crippen molar-refractivity contribution in [1.29, 1.82) is 0 Å². The maximum absolute atomic E-state index is 12.4. The van der Waals surface area contributed by atoms with Crippen LogP contribution in [0.25, 0.3) is 0 Å². The Morgan fingerprint density at radius 3 is 2.89 bits per heavy atom. The van der Waals surface area contributed by atoms with Crippen molar-refractivity contribution in [2.45, 2.75) is 32.6 Å². The summed E-state index contributed by atoms with van der Waals surface area (Å²) in [5, 5.41) is 8.72. The molecule has 1 fully saturated rings. The zero-order valence-electron chi connectivity index (χ0n) is 11.2. The molecule has 104 valence electrons. The molecule has 2 heterocycles. The van der Waals surface area contributed by atoms with E-state index in [9.17, 15) is 9.59 Å². The normalized spacial score (nSPS) is 19.4. The first-order chi connectivity index (χ1) is 9.08. The Labute approximate surface area is 112 Å². The molecule has 5 nitrogen and oxygen atoms in total. The number of aromatic amines is 1. The monoisotopic (exact) mass is 264 g/mol. The third kappa shape index (κ3) is 3.36. The van der Waals surface area contributed by atoms with E-state index in [1.165, 1.54) is 0 Å². The summed E-state index contributed by atoms with van der Waals surface area (Å²) in [6.07, 6.45) is 6.38. The Balaban J connectivity index is 1.95. The standard InChI is InChI=1S/C14H20N2O3/c1-10-7-15-8-12(10)14(19)16-6-2-3-11(9-16)4-5-13(17)18/h7-8,11,15H,2-6,9H2,1H3,(H,17,18). The summed E-state index contributed by atoms with van der Waals surface area (Å²) in [7, 11) is 0. The number of H-pyrrole nitrogens is 1. The summed E-state index contributed by atoms with van der Waals surface area (Å²) < 4.78 is 0. The van der Waals surface area contributed by atoms with Crippen molar-refractivity contribution in [1.82, 2.24) is 9.88 Å². The molecule has 1 aromatic rings. The van der Waals surface area contributed by atoms with E-state index >= 15 is 0 Å². The molecule has 0 spiro atoms. The fourth-order valence-corrected chi connectivity index (χ4v) is 2.66. The summed E-state index contributed by atoms with van der Waals surface area (Å²) in [6, 6.07) is 0. The Morgan fingerprint density at radius 2 is 2.26 bits per heavy atom. The van der Waals surface area contributed by atoms with Gasteiger partial charge in [-0.3, -0.25) is 9.59 Å². The first kappa shape index (κ1) is 13.6. The summed E-state index contributed by atoms with van der Waals surface area (Å²) in [4.78, 5) is 27.8. The zero-order chi connectivity index (χ0) is 13.8. The highest BCUT2D eigenvalue weighted by Gasteiger charge is 2.25. The van der Waals surface area contributed by atoms with Gasteiger partial charge in [0.1, 0.15) is 0 Å². The van der Waals surface area contributed by atoms with Gasteiger partial charge in [0.2, 0.25) is 0 Å². The molecule has 1 atom stereocenters. The first-order valence-corrected chi connectivity index (χ1v) is 6.72. The van der Waals surface area contributed by atoms with E-state index in [1.54, 1.807) is 6.20 Å². The Bertz CT molecular complexity index is 467. The predicted octanol–water partition coefficient (Wildman–Crippen LogP) is 2.04. The molecule has 2 N–H and O–H groups in total. The quantitative estimate of drug-likeness (QED) is 0.874. The fourth-order valence-electron chi connectivity index (χ4n) is 2.66. The van der Waals surface area contributed by atoms with E-state index in [0.29, 0.717) is 18.9 Å². The van der Waals surface area contributed by atoms with E-state index in [2.05, 4.69) is 4.98 Å². The number of hydrogen-bond donors (Lipinski definition) is 2. The largest absolute Gasteiger partial charge is 0.481 e. The van der Waals surface area contributed by atoms with Crippen molar-refractivity contribution in [2.75, 3.05) is 13.1 Å². The number of carbonyl (C=O) groups is 2. The lowest BCUT2D eigenvalue weighted by Crippen LogP contribution is -2.40. The highest BCUT2D eigenvalue weighted by Crippen LogP contribution is 2.23. The van der Waals surface area contributed by atoms with Crippen molar-refractivity contribution in [3.63, 3.8) is 0 Å². The molecule has 2 rings (SSSR count). The Hall–Kier alpha value is -1.78. The summed E-state index contributed by atoms with van der Waals surface area (Å²) in [5.74, 6) is -0.392. The van der Waals surface area contributed by atoms with Crippen molar-refractivity contribution in [3.8, 4) is 0 Å². The van der Waals surface area contributed by atoms with Gasteiger partial charge in [-0.1, -0.05) is 0 Å². The molecule has 0 aliphatic carbocycles. The molecule has 1 aliphatic rings. The van der Waals surface area contributed by atoms with E-state index < -0.39 is 5.97 Å². The zero-order valence-corrected chi connectivity index (χ0v) is 11.2. The molecule has 0 radical (unpaired) electrons. The minimum atomic E-state index is -0.759. The Morgan fingerprint density at radius 1 is 1.47 bits per heavy atom. The van der Waals surface area contributed by atoms with Crippen LogP contribution < -0.4 is 0 Å². The van der Waals surface area contributed by atoms with Crippen molar-refractivity contribution >= 4 is 11.9 Å².